The molecule has 0 atom stereocenters. The van der Waals surface area contributed by atoms with Crippen LogP contribution in [0.2, 0.25) is 5.02 Å². The Morgan fingerprint density at radius 1 is 1.07 bits per heavy atom. The van der Waals surface area contributed by atoms with E-state index in [1.54, 1.807) is 0 Å². The Balaban J connectivity index is 2.29. The quantitative estimate of drug-likeness (QED) is 0.724. The van der Waals surface area contributed by atoms with Crippen LogP contribution in [0.4, 0.5) is 0 Å². The number of carbonyl (C=O) groups is 1. The van der Waals surface area contributed by atoms with Gasteiger partial charge in [0, 0.05) is 27.2 Å². The van der Waals surface area contributed by atoms with Gasteiger partial charge >= 0.3 is 0 Å². The van der Waals surface area contributed by atoms with Crippen LogP contribution in [0.3, 0.4) is 0 Å². The van der Waals surface area contributed by atoms with E-state index in [0.717, 1.165) is 9.87 Å². The van der Waals surface area contributed by atoms with Gasteiger partial charge in [-0.25, -0.2) is 12.7 Å². The molecule has 27 heavy (non-hydrogen) atoms. The van der Waals surface area contributed by atoms with Crippen LogP contribution in [0.5, 0.6) is 0 Å². The summed E-state index contributed by atoms with van der Waals surface area (Å²) in [4.78, 5) is 14.4. The second-order valence-corrected chi connectivity index (χ2v) is 8.74. The Bertz CT molecular complexity index is 886. The average Bonchev–Trinajstić information content (AvgIpc) is 2.65. The van der Waals surface area contributed by atoms with Gasteiger partial charge in [0.1, 0.15) is 0 Å². The second kappa shape index (κ2) is 9.32. The zero-order valence-corrected chi connectivity index (χ0v) is 16.9. The summed E-state index contributed by atoms with van der Waals surface area (Å²) < 4.78 is 25.8. The Morgan fingerprint density at radius 2 is 1.74 bits per heavy atom. The van der Waals surface area contributed by atoms with Gasteiger partial charge in [-0.3, -0.25) is 4.79 Å². The van der Waals surface area contributed by atoms with E-state index in [4.69, 9.17) is 11.6 Å². The highest BCUT2D eigenvalue weighted by Crippen LogP contribution is 2.23. The number of halogens is 1. The van der Waals surface area contributed by atoms with Crippen molar-refractivity contribution in [3.63, 3.8) is 0 Å². The van der Waals surface area contributed by atoms with E-state index in [-0.39, 0.29) is 28.6 Å². The Kier molecular flexibility index (Phi) is 7.38. The second-order valence-electron chi connectivity index (χ2n) is 6.18. The van der Waals surface area contributed by atoms with Crippen molar-refractivity contribution in [3.8, 4) is 0 Å². The Labute approximate surface area is 165 Å². The number of carbonyl (C=O) groups excluding carboxylic acids is 1. The maximum Gasteiger partial charge on any atom is 0.255 e. The number of benzene rings is 2. The van der Waals surface area contributed by atoms with Crippen molar-refractivity contribution in [2.75, 3.05) is 33.8 Å². The number of amides is 1. The summed E-state index contributed by atoms with van der Waals surface area (Å²) in [6.45, 7) is 0.310. The van der Waals surface area contributed by atoms with Crippen LogP contribution in [-0.2, 0) is 16.4 Å². The van der Waals surface area contributed by atoms with Crippen molar-refractivity contribution in [1.29, 1.82) is 0 Å². The third kappa shape index (κ3) is 5.29. The lowest BCUT2D eigenvalue weighted by Gasteiger charge is -2.23. The molecular formula is C19H23ClN2O4S. The zero-order chi connectivity index (χ0) is 20.0. The molecule has 6 nitrogen and oxygen atoms in total. The van der Waals surface area contributed by atoms with Crippen molar-refractivity contribution in [2.24, 2.45) is 0 Å². The Hall–Kier alpha value is -1.93. The number of sulfonamides is 1. The monoisotopic (exact) mass is 410 g/mol. The SMILES string of the molecule is CN(C)S(=O)(=O)c1ccc(Cl)c(C(=O)N(CCO)CCc2ccccc2)c1. The molecule has 0 bridgehead atoms. The molecule has 0 aromatic heterocycles. The normalized spacial score (nSPS) is 11.6. The summed E-state index contributed by atoms with van der Waals surface area (Å²) in [5.74, 6) is -0.416. The number of hydrogen-bond donors (Lipinski definition) is 1. The molecule has 0 unspecified atom stereocenters. The van der Waals surface area contributed by atoms with Gasteiger partial charge in [-0.05, 0) is 30.2 Å². The number of rotatable bonds is 8. The molecule has 8 heteroatoms. The van der Waals surface area contributed by atoms with Crippen LogP contribution in [0.1, 0.15) is 15.9 Å². The molecule has 0 aliphatic rings. The third-order valence-corrected chi connectivity index (χ3v) is 6.26. The van der Waals surface area contributed by atoms with E-state index in [9.17, 15) is 18.3 Å². The van der Waals surface area contributed by atoms with Crippen LogP contribution in [-0.4, -0.2) is 62.4 Å². The molecule has 1 N–H and O–H groups in total. The third-order valence-electron chi connectivity index (χ3n) is 4.12. The summed E-state index contributed by atoms with van der Waals surface area (Å²) in [5, 5.41) is 9.49. The molecule has 0 heterocycles. The highest BCUT2D eigenvalue weighted by atomic mass is 35.5. The van der Waals surface area contributed by atoms with E-state index in [2.05, 4.69) is 0 Å². The summed E-state index contributed by atoms with van der Waals surface area (Å²) in [6.07, 6.45) is 0.611. The fourth-order valence-corrected chi connectivity index (χ4v) is 3.68. The first kappa shape index (κ1) is 21.4. The molecular weight excluding hydrogens is 388 g/mol. The van der Waals surface area contributed by atoms with E-state index >= 15 is 0 Å². The molecule has 2 aromatic carbocycles. The first-order valence-corrected chi connectivity index (χ1v) is 10.3. The fraction of sp³-hybridized carbons (Fsp3) is 0.316. The summed E-state index contributed by atoms with van der Waals surface area (Å²) >= 11 is 6.16. The summed E-state index contributed by atoms with van der Waals surface area (Å²) in [6, 6.07) is 13.7. The molecule has 0 saturated carbocycles. The fourth-order valence-electron chi connectivity index (χ4n) is 2.55. The molecule has 0 fully saturated rings. The number of aliphatic hydroxyl groups is 1. The minimum absolute atomic E-state index is 0.00717. The lowest BCUT2D eigenvalue weighted by molar-refractivity contribution is 0.0724. The van der Waals surface area contributed by atoms with E-state index in [0.29, 0.717) is 13.0 Å². The number of nitrogens with zero attached hydrogens (tertiary/aromatic N) is 2. The van der Waals surface area contributed by atoms with Gasteiger partial charge in [0.25, 0.3) is 5.91 Å². The molecule has 0 radical (unpaired) electrons. The molecule has 0 aliphatic carbocycles. The minimum atomic E-state index is -3.69. The van der Waals surface area contributed by atoms with Crippen LogP contribution in [0.25, 0.3) is 0 Å². The molecule has 0 saturated heterocycles. The van der Waals surface area contributed by atoms with Crippen molar-refractivity contribution in [1.82, 2.24) is 9.21 Å². The van der Waals surface area contributed by atoms with Gasteiger partial charge in [0.2, 0.25) is 10.0 Å². The molecule has 2 aromatic rings. The van der Waals surface area contributed by atoms with E-state index < -0.39 is 15.9 Å². The largest absolute Gasteiger partial charge is 0.395 e. The predicted octanol–water partition coefficient (Wildman–Crippen LogP) is 2.27. The lowest BCUT2D eigenvalue weighted by atomic mass is 10.1. The Morgan fingerprint density at radius 3 is 2.33 bits per heavy atom. The molecule has 146 valence electrons. The van der Waals surface area contributed by atoms with Crippen molar-refractivity contribution in [3.05, 3.63) is 64.7 Å². The van der Waals surface area contributed by atoms with Gasteiger partial charge in [-0.15, -0.1) is 0 Å². The maximum atomic E-state index is 12.9. The molecule has 1 amide bonds. The van der Waals surface area contributed by atoms with Gasteiger partial charge < -0.3 is 10.0 Å². The van der Waals surface area contributed by atoms with Crippen molar-refractivity contribution >= 4 is 27.5 Å². The van der Waals surface area contributed by atoms with Crippen LogP contribution in [0.15, 0.2) is 53.4 Å². The smallest absolute Gasteiger partial charge is 0.255 e. The van der Waals surface area contributed by atoms with Crippen molar-refractivity contribution in [2.45, 2.75) is 11.3 Å². The van der Waals surface area contributed by atoms with Crippen molar-refractivity contribution < 1.29 is 18.3 Å². The average molecular weight is 411 g/mol. The van der Waals surface area contributed by atoms with Crippen LogP contribution in [0, 0.1) is 0 Å². The number of hydrogen-bond acceptors (Lipinski definition) is 4. The summed E-state index contributed by atoms with van der Waals surface area (Å²) in [7, 11) is -0.848. The predicted molar refractivity (Wildman–Crippen MR) is 105 cm³/mol. The summed E-state index contributed by atoms with van der Waals surface area (Å²) in [5.41, 5.74) is 1.16. The van der Waals surface area contributed by atoms with E-state index in [1.807, 2.05) is 30.3 Å². The standard InChI is InChI=1S/C19H23ClN2O4S/c1-21(2)27(25,26)16-8-9-18(20)17(14-16)19(24)22(12-13-23)11-10-15-6-4-3-5-7-15/h3-9,14,23H,10-13H2,1-2H3. The molecule has 2 rings (SSSR count). The number of aliphatic hydroxyl groups excluding tert-OH is 1. The van der Waals surface area contributed by atoms with Crippen LogP contribution >= 0.6 is 11.6 Å². The highest BCUT2D eigenvalue weighted by Gasteiger charge is 2.23. The highest BCUT2D eigenvalue weighted by molar-refractivity contribution is 7.89. The van der Waals surface area contributed by atoms with Gasteiger partial charge in [0.15, 0.2) is 0 Å². The maximum absolute atomic E-state index is 12.9. The van der Waals surface area contributed by atoms with Gasteiger partial charge in [0.05, 0.1) is 22.1 Å². The minimum Gasteiger partial charge on any atom is -0.395 e. The topological polar surface area (TPSA) is 77.9 Å². The van der Waals surface area contributed by atoms with Gasteiger partial charge in [-0.2, -0.15) is 0 Å². The first-order valence-electron chi connectivity index (χ1n) is 8.43. The van der Waals surface area contributed by atoms with E-state index in [1.165, 1.54) is 37.2 Å². The molecule has 0 aliphatic heterocycles. The lowest BCUT2D eigenvalue weighted by Crippen LogP contribution is -2.35. The van der Waals surface area contributed by atoms with Crippen LogP contribution < -0.4 is 0 Å². The van der Waals surface area contributed by atoms with Gasteiger partial charge in [-0.1, -0.05) is 41.9 Å². The zero-order valence-electron chi connectivity index (χ0n) is 15.3. The first-order chi connectivity index (χ1) is 12.8. The molecule has 0 spiro atoms.